The van der Waals surface area contributed by atoms with E-state index < -0.39 is 5.60 Å². The molecule has 0 radical (unpaired) electrons. The molecule has 88 valence electrons. The van der Waals surface area contributed by atoms with Crippen molar-refractivity contribution in [3.05, 3.63) is 0 Å². The Labute approximate surface area is 95.0 Å². The molecule has 1 unspecified atom stereocenters. The van der Waals surface area contributed by atoms with Crippen LogP contribution in [-0.4, -0.2) is 52.4 Å². The average Bonchev–Trinajstić information content (AvgIpc) is 2.15. The largest absolute Gasteiger partial charge is 0.444 e. The molecule has 5 heteroatoms. The molecule has 1 N–H and O–H groups in total. The SMILES string of the molecule is CC(C)(C)OC(=O)N1CCSCC1CO. The second-order valence-electron chi connectivity index (χ2n) is 4.59. The molecule has 0 aromatic carbocycles. The first-order chi connectivity index (χ1) is 6.94. The summed E-state index contributed by atoms with van der Waals surface area (Å²) in [4.78, 5) is 13.4. The highest BCUT2D eigenvalue weighted by Crippen LogP contribution is 2.19. The van der Waals surface area contributed by atoms with Gasteiger partial charge in [0.2, 0.25) is 0 Å². The average molecular weight is 233 g/mol. The van der Waals surface area contributed by atoms with Gasteiger partial charge in [0.15, 0.2) is 0 Å². The van der Waals surface area contributed by atoms with E-state index in [9.17, 15) is 4.79 Å². The summed E-state index contributed by atoms with van der Waals surface area (Å²) < 4.78 is 5.28. The Kier molecular flexibility index (Phi) is 4.28. The molecule has 15 heavy (non-hydrogen) atoms. The summed E-state index contributed by atoms with van der Waals surface area (Å²) in [5.41, 5.74) is -0.471. The van der Waals surface area contributed by atoms with Gasteiger partial charge < -0.3 is 14.7 Å². The van der Waals surface area contributed by atoms with Crippen LogP contribution in [0.5, 0.6) is 0 Å². The highest BCUT2D eigenvalue weighted by atomic mass is 32.2. The van der Waals surface area contributed by atoms with Crippen LogP contribution in [0.15, 0.2) is 0 Å². The fraction of sp³-hybridized carbons (Fsp3) is 0.900. The van der Waals surface area contributed by atoms with Gasteiger partial charge in [-0.3, -0.25) is 0 Å². The minimum Gasteiger partial charge on any atom is -0.444 e. The number of carbonyl (C=O) groups excluding carboxylic acids is 1. The van der Waals surface area contributed by atoms with E-state index >= 15 is 0 Å². The molecule has 1 amide bonds. The topological polar surface area (TPSA) is 49.8 Å². The number of rotatable bonds is 1. The quantitative estimate of drug-likeness (QED) is 0.742. The fourth-order valence-electron chi connectivity index (χ4n) is 1.37. The zero-order chi connectivity index (χ0) is 11.5. The Hall–Kier alpha value is -0.420. The number of carbonyl (C=O) groups is 1. The van der Waals surface area contributed by atoms with Gasteiger partial charge in [0.05, 0.1) is 12.6 Å². The highest BCUT2D eigenvalue weighted by molar-refractivity contribution is 7.99. The lowest BCUT2D eigenvalue weighted by Crippen LogP contribution is -2.49. The molecule has 1 fully saturated rings. The van der Waals surface area contributed by atoms with E-state index in [2.05, 4.69) is 0 Å². The molecule has 1 heterocycles. The predicted molar refractivity (Wildman–Crippen MR) is 61.1 cm³/mol. The number of hydrogen-bond donors (Lipinski definition) is 1. The molecule has 4 nitrogen and oxygen atoms in total. The third-order valence-electron chi connectivity index (χ3n) is 2.07. The van der Waals surface area contributed by atoms with Crippen LogP contribution in [0.2, 0.25) is 0 Å². The maximum atomic E-state index is 11.8. The summed E-state index contributed by atoms with van der Waals surface area (Å²) in [5.74, 6) is 1.70. The van der Waals surface area contributed by atoms with Crippen LogP contribution in [0.3, 0.4) is 0 Å². The molecular weight excluding hydrogens is 214 g/mol. The van der Waals surface area contributed by atoms with Gasteiger partial charge in [-0.05, 0) is 20.8 Å². The Bertz CT molecular complexity index is 227. The van der Waals surface area contributed by atoms with Gasteiger partial charge in [0.1, 0.15) is 5.60 Å². The van der Waals surface area contributed by atoms with Crippen molar-refractivity contribution >= 4 is 17.9 Å². The Morgan fingerprint density at radius 2 is 2.27 bits per heavy atom. The third kappa shape index (κ3) is 3.91. The Balaban J connectivity index is 2.56. The molecule has 0 spiro atoms. The van der Waals surface area contributed by atoms with Crippen LogP contribution in [0.1, 0.15) is 20.8 Å². The molecule has 0 aromatic rings. The van der Waals surface area contributed by atoms with Gasteiger partial charge in [-0.1, -0.05) is 0 Å². The Morgan fingerprint density at radius 1 is 1.60 bits per heavy atom. The summed E-state index contributed by atoms with van der Waals surface area (Å²) in [6, 6.07) is -0.0985. The van der Waals surface area contributed by atoms with E-state index in [-0.39, 0.29) is 18.7 Å². The number of thioether (sulfide) groups is 1. The number of hydrogen-bond acceptors (Lipinski definition) is 4. The summed E-state index contributed by atoms with van der Waals surface area (Å²) in [5, 5.41) is 9.15. The number of nitrogens with zero attached hydrogens (tertiary/aromatic N) is 1. The van der Waals surface area contributed by atoms with Crippen molar-refractivity contribution in [1.82, 2.24) is 4.90 Å². The second-order valence-corrected chi connectivity index (χ2v) is 5.73. The summed E-state index contributed by atoms with van der Waals surface area (Å²) in [7, 11) is 0. The van der Waals surface area contributed by atoms with Crippen molar-refractivity contribution < 1.29 is 14.6 Å². The molecule has 1 rings (SSSR count). The lowest BCUT2D eigenvalue weighted by atomic mass is 10.2. The molecule has 0 aromatic heterocycles. The van der Waals surface area contributed by atoms with Gasteiger partial charge in [-0.25, -0.2) is 4.79 Å². The monoisotopic (exact) mass is 233 g/mol. The summed E-state index contributed by atoms with van der Waals surface area (Å²) in [6.07, 6.45) is -0.318. The molecule has 0 aliphatic carbocycles. The van der Waals surface area contributed by atoms with Gasteiger partial charge in [0, 0.05) is 18.1 Å². The van der Waals surface area contributed by atoms with Crippen LogP contribution >= 0.6 is 11.8 Å². The molecule has 1 aliphatic rings. The van der Waals surface area contributed by atoms with E-state index in [4.69, 9.17) is 9.84 Å². The number of aliphatic hydroxyl groups is 1. The van der Waals surface area contributed by atoms with Gasteiger partial charge in [0.25, 0.3) is 0 Å². The number of aliphatic hydroxyl groups excluding tert-OH is 1. The normalized spacial score (nSPS) is 22.7. The predicted octanol–water partition coefficient (Wildman–Crippen LogP) is 1.33. The van der Waals surface area contributed by atoms with Crippen LogP contribution in [0, 0.1) is 0 Å². The highest BCUT2D eigenvalue weighted by Gasteiger charge is 2.30. The smallest absolute Gasteiger partial charge is 0.410 e. The molecule has 1 atom stereocenters. The van der Waals surface area contributed by atoms with Crippen molar-refractivity contribution in [2.45, 2.75) is 32.4 Å². The maximum Gasteiger partial charge on any atom is 0.410 e. The van der Waals surface area contributed by atoms with E-state index in [1.165, 1.54) is 0 Å². The van der Waals surface area contributed by atoms with E-state index in [1.54, 1.807) is 16.7 Å². The molecule has 0 saturated carbocycles. The standard InChI is InChI=1S/C10H19NO3S/c1-10(2,3)14-9(13)11-4-5-15-7-8(11)6-12/h8,12H,4-7H2,1-3H3. The van der Waals surface area contributed by atoms with Crippen LogP contribution < -0.4 is 0 Å². The van der Waals surface area contributed by atoms with Crippen molar-refractivity contribution in [2.75, 3.05) is 24.7 Å². The van der Waals surface area contributed by atoms with Gasteiger partial charge >= 0.3 is 6.09 Å². The number of amides is 1. The lowest BCUT2D eigenvalue weighted by Gasteiger charge is -2.35. The Morgan fingerprint density at radius 3 is 2.80 bits per heavy atom. The first kappa shape index (κ1) is 12.6. The van der Waals surface area contributed by atoms with Crippen molar-refractivity contribution in [1.29, 1.82) is 0 Å². The zero-order valence-corrected chi connectivity index (χ0v) is 10.3. The van der Waals surface area contributed by atoms with Crippen molar-refractivity contribution in [3.63, 3.8) is 0 Å². The molecule has 1 saturated heterocycles. The minimum atomic E-state index is -0.471. The molecule has 1 aliphatic heterocycles. The molecule has 0 bridgehead atoms. The van der Waals surface area contributed by atoms with E-state index in [0.717, 1.165) is 11.5 Å². The van der Waals surface area contributed by atoms with Crippen molar-refractivity contribution in [2.24, 2.45) is 0 Å². The van der Waals surface area contributed by atoms with E-state index in [1.807, 2.05) is 20.8 Å². The second kappa shape index (κ2) is 5.07. The summed E-state index contributed by atoms with van der Waals surface area (Å²) >= 11 is 1.76. The first-order valence-electron chi connectivity index (χ1n) is 5.12. The number of ether oxygens (including phenoxy) is 1. The van der Waals surface area contributed by atoms with Gasteiger partial charge in [-0.15, -0.1) is 0 Å². The van der Waals surface area contributed by atoms with Crippen LogP contribution in [0.25, 0.3) is 0 Å². The van der Waals surface area contributed by atoms with E-state index in [0.29, 0.717) is 6.54 Å². The molecular formula is C10H19NO3S. The lowest BCUT2D eigenvalue weighted by molar-refractivity contribution is 0.0129. The zero-order valence-electron chi connectivity index (χ0n) is 9.52. The third-order valence-corrected chi connectivity index (χ3v) is 3.16. The van der Waals surface area contributed by atoms with Crippen molar-refractivity contribution in [3.8, 4) is 0 Å². The summed E-state index contributed by atoms with van der Waals surface area (Å²) in [6.45, 7) is 6.20. The first-order valence-corrected chi connectivity index (χ1v) is 6.28. The van der Waals surface area contributed by atoms with Crippen LogP contribution in [-0.2, 0) is 4.74 Å². The van der Waals surface area contributed by atoms with Crippen LogP contribution in [0.4, 0.5) is 4.79 Å². The van der Waals surface area contributed by atoms with Gasteiger partial charge in [-0.2, -0.15) is 11.8 Å². The maximum absolute atomic E-state index is 11.8. The minimum absolute atomic E-state index is 0.00619. The fourth-order valence-corrected chi connectivity index (χ4v) is 2.42.